The molecular weight excluding hydrogens is 809 g/mol. The predicted molar refractivity (Wildman–Crippen MR) is 270 cm³/mol. The second-order valence-electron chi connectivity index (χ2n) is 16.8. The van der Waals surface area contributed by atoms with E-state index in [1.807, 2.05) is 23.9 Å². The van der Waals surface area contributed by atoms with Crippen molar-refractivity contribution in [3.05, 3.63) is 265 Å². The van der Waals surface area contributed by atoms with E-state index in [1.165, 1.54) is 43.2 Å². The highest BCUT2D eigenvalue weighted by molar-refractivity contribution is 7.99. The topological polar surface area (TPSA) is 19.6 Å². The fourth-order valence-corrected chi connectivity index (χ4v) is 11.7. The largest absolute Gasteiger partial charge is 0.456 e. The molecule has 3 nitrogen and oxygen atoms in total. The van der Waals surface area contributed by atoms with E-state index in [0.717, 1.165) is 67.2 Å². The number of para-hydroxylation sites is 3. The van der Waals surface area contributed by atoms with E-state index in [1.54, 1.807) is 0 Å². The van der Waals surface area contributed by atoms with E-state index >= 15 is 0 Å². The van der Waals surface area contributed by atoms with Crippen LogP contribution in [0.25, 0.3) is 44.2 Å². The average molecular weight is 849 g/mol. The van der Waals surface area contributed by atoms with Gasteiger partial charge in [0.05, 0.1) is 5.41 Å². The van der Waals surface area contributed by atoms with Gasteiger partial charge in [-0.05, 0) is 142 Å². The van der Waals surface area contributed by atoms with Crippen molar-refractivity contribution in [3.63, 3.8) is 0 Å². The van der Waals surface area contributed by atoms with Gasteiger partial charge in [-0.15, -0.1) is 0 Å². The van der Waals surface area contributed by atoms with Crippen LogP contribution in [-0.4, -0.2) is 0 Å². The summed E-state index contributed by atoms with van der Waals surface area (Å²) < 4.78 is 6.30. The van der Waals surface area contributed by atoms with Crippen LogP contribution < -0.4 is 9.80 Å². The number of anilines is 6. The van der Waals surface area contributed by atoms with Crippen LogP contribution in [0.4, 0.5) is 34.1 Å². The Labute approximate surface area is 382 Å². The second-order valence-corrected chi connectivity index (χ2v) is 17.9. The minimum Gasteiger partial charge on any atom is -0.456 e. The molecule has 10 aromatic carbocycles. The molecule has 0 bridgehead atoms. The van der Waals surface area contributed by atoms with Crippen LogP contribution in [0.2, 0.25) is 0 Å². The van der Waals surface area contributed by atoms with Crippen molar-refractivity contribution in [2.45, 2.75) is 15.2 Å². The molecule has 1 spiro atoms. The summed E-state index contributed by atoms with van der Waals surface area (Å²) in [5.41, 5.74) is 18.1. The molecule has 0 fully saturated rings. The van der Waals surface area contributed by atoms with E-state index < -0.39 is 5.41 Å². The molecule has 11 aromatic rings. The normalized spacial score (nSPS) is 13.0. The molecule has 0 saturated carbocycles. The molecule has 1 aromatic heterocycles. The number of fused-ring (bicyclic) bond motifs is 12. The highest BCUT2D eigenvalue weighted by Crippen LogP contribution is 2.62. The highest BCUT2D eigenvalue weighted by Gasteiger charge is 2.50. The molecule has 13 rings (SSSR count). The van der Waals surface area contributed by atoms with Gasteiger partial charge in [0, 0.05) is 54.7 Å². The van der Waals surface area contributed by atoms with E-state index in [4.69, 9.17) is 4.42 Å². The van der Waals surface area contributed by atoms with Crippen LogP contribution >= 0.6 is 11.8 Å². The molecule has 2 heterocycles. The Hall–Kier alpha value is -8.05. The van der Waals surface area contributed by atoms with Gasteiger partial charge >= 0.3 is 0 Å². The van der Waals surface area contributed by atoms with Crippen LogP contribution in [0.15, 0.2) is 257 Å². The summed E-state index contributed by atoms with van der Waals surface area (Å²) in [7, 11) is 0. The van der Waals surface area contributed by atoms with Crippen LogP contribution in [-0.2, 0) is 5.41 Å². The standard InChI is InChI=1S/C61H40N2OS/c1-3-15-43(16-4-1)62(44-17-5-2-6-18-44)46-32-34-47(35-33-46)63(45-30-27-41(28-31-45)42-29-37-52-51-21-9-13-25-57(51)64-58(52)39-42)48-36-38-56-60(40-48)65-59-26-14-12-24-55(59)61(56)53-22-10-7-19-49(53)50-20-8-11-23-54(50)61/h1-40H. The van der Waals surface area contributed by atoms with E-state index in [0.29, 0.717) is 0 Å². The first-order chi connectivity index (χ1) is 32.2. The molecule has 65 heavy (non-hydrogen) atoms. The van der Waals surface area contributed by atoms with Crippen LogP contribution in [0, 0.1) is 0 Å². The first-order valence-electron chi connectivity index (χ1n) is 22.2. The lowest BCUT2D eigenvalue weighted by atomic mass is 9.67. The van der Waals surface area contributed by atoms with Gasteiger partial charge in [0.25, 0.3) is 0 Å². The van der Waals surface area contributed by atoms with E-state index in [2.05, 4.69) is 240 Å². The lowest BCUT2D eigenvalue weighted by Gasteiger charge is -2.40. The number of rotatable bonds is 7. The van der Waals surface area contributed by atoms with Gasteiger partial charge < -0.3 is 14.2 Å². The maximum atomic E-state index is 6.30. The van der Waals surface area contributed by atoms with Crippen molar-refractivity contribution in [2.75, 3.05) is 9.80 Å². The quantitative estimate of drug-likeness (QED) is 0.159. The molecule has 0 unspecified atom stereocenters. The molecule has 4 heteroatoms. The number of furan rings is 1. The summed E-state index contributed by atoms with van der Waals surface area (Å²) in [6.45, 7) is 0. The number of benzene rings is 10. The summed E-state index contributed by atoms with van der Waals surface area (Å²) in [6.07, 6.45) is 0. The van der Waals surface area contributed by atoms with Crippen molar-refractivity contribution in [3.8, 4) is 22.3 Å². The molecule has 0 saturated heterocycles. The van der Waals surface area contributed by atoms with Gasteiger partial charge in [-0.1, -0.05) is 157 Å². The van der Waals surface area contributed by atoms with Crippen LogP contribution in [0.5, 0.6) is 0 Å². The van der Waals surface area contributed by atoms with Crippen molar-refractivity contribution >= 4 is 67.8 Å². The van der Waals surface area contributed by atoms with E-state index in [9.17, 15) is 0 Å². The number of hydrogen-bond acceptors (Lipinski definition) is 4. The monoisotopic (exact) mass is 848 g/mol. The Balaban J connectivity index is 0.959. The third-order valence-electron chi connectivity index (χ3n) is 13.3. The highest BCUT2D eigenvalue weighted by atomic mass is 32.2. The Morgan fingerprint density at radius 1 is 0.308 bits per heavy atom. The molecule has 2 aliphatic rings. The average Bonchev–Trinajstić information content (AvgIpc) is 3.89. The molecular formula is C61H40N2OS. The first-order valence-corrected chi connectivity index (χ1v) is 23.0. The summed E-state index contributed by atoms with van der Waals surface area (Å²) in [6, 6.07) is 88.1. The zero-order chi connectivity index (χ0) is 42.9. The second kappa shape index (κ2) is 15.0. The van der Waals surface area contributed by atoms with Gasteiger partial charge in [0.15, 0.2) is 0 Å². The lowest BCUT2D eigenvalue weighted by Crippen LogP contribution is -2.32. The summed E-state index contributed by atoms with van der Waals surface area (Å²) in [5, 5.41) is 2.27. The Bertz CT molecular complexity index is 3490. The maximum Gasteiger partial charge on any atom is 0.136 e. The summed E-state index contributed by atoms with van der Waals surface area (Å²) in [4.78, 5) is 7.25. The van der Waals surface area contributed by atoms with Crippen LogP contribution in [0.3, 0.4) is 0 Å². The van der Waals surface area contributed by atoms with Crippen molar-refractivity contribution in [2.24, 2.45) is 0 Å². The van der Waals surface area contributed by atoms with Gasteiger partial charge in [-0.25, -0.2) is 0 Å². The Morgan fingerprint density at radius 3 is 1.43 bits per heavy atom. The molecule has 0 N–H and O–H groups in total. The van der Waals surface area contributed by atoms with Gasteiger partial charge in [0.2, 0.25) is 0 Å². The smallest absolute Gasteiger partial charge is 0.136 e. The Kier molecular flexibility index (Phi) is 8.68. The predicted octanol–water partition coefficient (Wildman–Crippen LogP) is 17.0. The number of nitrogens with zero attached hydrogens (tertiary/aromatic N) is 2. The summed E-state index contributed by atoms with van der Waals surface area (Å²) >= 11 is 1.88. The van der Waals surface area contributed by atoms with Crippen LogP contribution in [0.1, 0.15) is 22.3 Å². The Morgan fingerprint density at radius 2 is 0.769 bits per heavy atom. The van der Waals surface area contributed by atoms with Crippen molar-refractivity contribution in [1.29, 1.82) is 0 Å². The molecule has 0 amide bonds. The fourth-order valence-electron chi connectivity index (χ4n) is 10.5. The minimum atomic E-state index is -0.434. The molecule has 306 valence electrons. The number of hydrogen-bond donors (Lipinski definition) is 0. The van der Waals surface area contributed by atoms with Crippen molar-refractivity contribution < 1.29 is 4.42 Å². The third kappa shape index (κ3) is 5.91. The molecule has 1 aliphatic carbocycles. The fraction of sp³-hybridized carbons (Fsp3) is 0.0164. The molecule has 1 aliphatic heterocycles. The minimum absolute atomic E-state index is 0.434. The molecule has 0 atom stereocenters. The maximum absolute atomic E-state index is 6.30. The van der Waals surface area contributed by atoms with Crippen molar-refractivity contribution in [1.82, 2.24) is 0 Å². The van der Waals surface area contributed by atoms with E-state index in [-0.39, 0.29) is 0 Å². The first kappa shape index (κ1) is 37.5. The summed E-state index contributed by atoms with van der Waals surface area (Å²) in [5.74, 6) is 0. The SMILES string of the molecule is c1ccc(N(c2ccccc2)c2ccc(N(c3ccc(-c4ccc5c(c4)oc4ccccc45)cc3)c3ccc4c(c3)Sc3ccccc3C43c4ccccc4-c4ccccc43)cc2)cc1. The lowest BCUT2D eigenvalue weighted by molar-refractivity contribution is 0.669. The van der Waals surface area contributed by atoms with Gasteiger partial charge in [0.1, 0.15) is 11.2 Å². The third-order valence-corrected chi connectivity index (χ3v) is 14.5. The zero-order valence-corrected chi connectivity index (χ0v) is 36.1. The van der Waals surface area contributed by atoms with Gasteiger partial charge in [-0.2, -0.15) is 0 Å². The zero-order valence-electron chi connectivity index (χ0n) is 35.3. The van der Waals surface area contributed by atoms with Gasteiger partial charge in [-0.3, -0.25) is 0 Å². The molecule has 0 radical (unpaired) electrons.